The minimum absolute atomic E-state index is 0.0920. The molecule has 1 aliphatic heterocycles. The average molecular weight is 452 g/mol. The van der Waals surface area contributed by atoms with Gasteiger partial charge in [0.2, 0.25) is 0 Å². The largest absolute Gasteiger partial charge is 0.507 e. The van der Waals surface area contributed by atoms with Crippen molar-refractivity contribution in [3.05, 3.63) is 99.8 Å². The molecule has 32 heavy (non-hydrogen) atoms. The molecule has 1 N–H and O–H groups in total. The lowest BCUT2D eigenvalue weighted by Gasteiger charge is -2.26. The molecule has 0 bridgehead atoms. The zero-order chi connectivity index (χ0) is 23.0. The minimum atomic E-state index is -1.15. The quantitative estimate of drug-likeness (QED) is 0.326. The number of Topliss-reactive ketones (excluding diaryl/α,β-unsaturated/α-hetero) is 1. The number of methoxy groups -OCH3 is 1. The summed E-state index contributed by atoms with van der Waals surface area (Å²) < 4.78 is 20.0. The number of anilines is 1. The maximum absolute atomic E-state index is 14.9. The number of hydrogen-bond donors (Lipinski definition) is 1. The van der Waals surface area contributed by atoms with Crippen LogP contribution in [0.1, 0.15) is 22.7 Å². The second-order valence-corrected chi connectivity index (χ2v) is 7.79. The summed E-state index contributed by atoms with van der Waals surface area (Å²) in [5, 5.41) is 11.3. The fourth-order valence-electron chi connectivity index (χ4n) is 3.84. The molecule has 5 nitrogen and oxygen atoms in total. The Labute approximate surface area is 189 Å². The number of benzene rings is 3. The van der Waals surface area contributed by atoms with Crippen LogP contribution in [0.15, 0.2) is 72.3 Å². The predicted octanol–water partition coefficient (Wildman–Crippen LogP) is 5.42. The zero-order valence-electron chi connectivity index (χ0n) is 17.3. The van der Waals surface area contributed by atoms with Gasteiger partial charge in [-0.05, 0) is 48.9 Å². The van der Waals surface area contributed by atoms with Crippen LogP contribution >= 0.6 is 11.6 Å². The van der Waals surface area contributed by atoms with E-state index in [0.717, 1.165) is 5.56 Å². The monoisotopic (exact) mass is 451 g/mol. The van der Waals surface area contributed by atoms with E-state index < -0.39 is 29.3 Å². The van der Waals surface area contributed by atoms with Crippen molar-refractivity contribution >= 4 is 34.7 Å². The smallest absolute Gasteiger partial charge is 0.300 e. The van der Waals surface area contributed by atoms with Gasteiger partial charge in [0.15, 0.2) is 0 Å². The number of carbonyl (C=O) groups is 2. The molecule has 1 saturated heterocycles. The Hall–Kier alpha value is -3.64. The van der Waals surface area contributed by atoms with Crippen molar-refractivity contribution in [3.8, 4) is 5.75 Å². The summed E-state index contributed by atoms with van der Waals surface area (Å²) in [5.41, 5.74) is 1.36. The third kappa shape index (κ3) is 3.63. The maximum atomic E-state index is 14.9. The van der Waals surface area contributed by atoms with Crippen molar-refractivity contribution in [3.63, 3.8) is 0 Å². The highest BCUT2D eigenvalue weighted by atomic mass is 35.5. The number of carbonyl (C=O) groups excluding carboxylic acids is 2. The van der Waals surface area contributed by atoms with Gasteiger partial charge in [0, 0.05) is 16.8 Å². The Balaban J connectivity index is 1.97. The zero-order valence-corrected chi connectivity index (χ0v) is 18.1. The molecule has 1 unspecified atom stereocenters. The summed E-state index contributed by atoms with van der Waals surface area (Å²) in [5.74, 6) is -2.43. The van der Waals surface area contributed by atoms with Crippen LogP contribution in [-0.4, -0.2) is 23.9 Å². The van der Waals surface area contributed by atoms with E-state index in [1.807, 2.05) is 13.0 Å². The molecular formula is C25H19ClFNO4. The number of ketones is 1. The summed E-state index contributed by atoms with van der Waals surface area (Å²) >= 11 is 6.18. The van der Waals surface area contributed by atoms with Gasteiger partial charge in [-0.3, -0.25) is 14.5 Å². The molecule has 1 aliphatic rings. The van der Waals surface area contributed by atoms with E-state index in [2.05, 4.69) is 0 Å². The van der Waals surface area contributed by atoms with Gasteiger partial charge < -0.3 is 9.84 Å². The number of aryl methyl sites for hydroxylation is 1. The lowest BCUT2D eigenvalue weighted by molar-refractivity contribution is -0.132. The number of amides is 1. The summed E-state index contributed by atoms with van der Waals surface area (Å²) in [6.45, 7) is 1.84. The van der Waals surface area contributed by atoms with Crippen LogP contribution < -0.4 is 9.64 Å². The molecule has 1 amide bonds. The molecule has 162 valence electrons. The summed E-state index contributed by atoms with van der Waals surface area (Å²) in [7, 11) is 1.45. The van der Waals surface area contributed by atoms with Crippen LogP contribution in [0.2, 0.25) is 5.02 Å². The molecule has 4 rings (SSSR count). The number of halogens is 2. The Bertz CT molecular complexity index is 1270. The molecule has 3 aromatic carbocycles. The lowest BCUT2D eigenvalue weighted by atomic mass is 9.94. The van der Waals surface area contributed by atoms with E-state index >= 15 is 0 Å². The number of nitrogens with zero attached hydrogens (tertiary/aromatic N) is 1. The van der Waals surface area contributed by atoms with Crippen LogP contribution in [0, 0.1) is 12.7 Å². The minimum Gasteiger partial charge on any atom is -0.507 e. The molecule has 1 fully saturated rings. The molecule has 1 heterocycles. The highest BCUT2D eigenvalue weighted by molar-refractivity contribution is 6.51. The van der Waals surface area contributed by atoms with E-state index in [9.17, 15) is 19.1 Å². The van der Waals surface area contributed by atoms with Gasteiger partial charge in [-0.25, -0.2) is 4.39 Å². The first-order chi connectivity index (χ1) is 15.3. The number of hydrogen-bond acceptors (Lipinski definition) is 4. The lowest BCUT2D eigenvalue weighted by Crippen LogP contribution is -2.29. The van der Waals surface area contributed by atoms with Crippen molar-refractivity contribution in [1.29, 1.82) is 0 Å². The third-order valence-corrected chi connectivity index (χ3v) is 5.64. The normalized spacial score (nSPS) is 17.6. The van der Waals surface area contributed by atoms with Crippen LogP contribution in [0.25, 0.3) is 5.76 Å². The van der Waals surface area contributed by atoms with Gasteiger partial charge in [0.25, 0.3) is 11.7 Å². The molecule has 0 spiro atoms. The number of ether oxygens (including phenoxy) is 1. The van der Waals surface area contributed by atoms with Crippen molar-refractivity contribution in [2.45, 2.75) is 13.0 Å². The van der Waals surface area contributed by atoms with Gasteiger partial charge in [-0.15, -0.1) is 0 Å². The van der Waals surface area contributed by atoms with Gasteiger partial charge in [-0.2, -0.15) is 0 Å². The highest BCUT2D eigenvalue weighted by Gasteiger charge is 2.47. The number of aliphatic hydroxyl groups excluding tert-OH is 1. The fraction of sp³-hybridized carbons (Fsp3) is 0.120. The summed E-state index contributed by atoms with van der Waals surface area (Å²) in [6.07, 6.45) is 0. The molecule has 0 radical (unpaired) electrons. The SMILES string of the molecule is COc1ccc(/C(O)=C2\C(=O)C(=O)N(c3cccc(C)c3)C2c2ccccc2F)cc1Cl. The van der Waals surface area contributed by atoms with Crippen molar-refractivity contribution < 1.29 is 23.8 Å². The van der Waals surface area contributed by atoms with Gasteiger partial charge >= 0.3 is 0 Å². The first-order valence-electron chi connectivity index (χ1n) is 9.79. The van der Waals surface area contributed by atoms with Crippen LogP contribution in [0.3, 0.4) is 0 Å². The van der Waals surface area contributed by atoms with E-state index in [4.69, 9.17) is 16.3 Å². The predicted molar refractivity (Wildman–Crippen MR) is 120 cm³/mol. The van der Waals surface area contributed by atoms with E-state index in [-0.39, 0.29) is 21.7 Å². The standard InChI is InChI=1S/C25H19ClFNO4/c1-14-6-5-7-16(12-14)28-22(17-8-3-4-9-19(17)27)21(24(30)25(28)31)23(29)15-10-11-20(32-2)18(26)13-15/h3-13,22,29H,1-2H3/b23-21+. The summed E-state index contributed by atoms with van der Waals surface area (Å²) in [6, 6.07) is 16.2. The van der Waals surface area contributed by atoms with Crippen molar-refractivity contribution in [2.24, 2.45) is 0 Å². The summed E-state index contributed by atoms with van der Waals surface area (Å²) in [4.78, 5) is 27.4. The van der Waals surface area contributed by atoms with Gasteiger partial charge in [0.05, 0.1) is 23.7 Å². The van der Waals surface area contributed by atoms with Gasteiger partial charge in [-0.1, -0.05) is 41.9 Å². The maximum Gasteiger partial charge on any atom is 0.300 e. The first kappa shape index (κ1) is 21.6. The van der Waals surface area contributed by atoms with Crippen molar-refractivity contribution in [2.75, 3.05) is 12.0 Å². The topological polar surface area (TPSA) is 66.8 Å². The Morgan fingerprint density at radius 3 is 2.47 bits per heavy atom. The molecule has 0 aromatic heterocycles. The van der Waals surface area contributed by atoms with E-state index in [1.165, 1.54) is 48.4 Å². The Kier molecular flexibility index (Phi) is 5.72. The number of rotatable bonds is 4. The van der Waals surface area contributed by atoms with Crippen LogP contribution in [0.4, 0.5) is 10.1 Å². The Morgan fingerprint density at radius 1 is 1.06 bits per heavy atom. The highest BCUT2D eigenvalue weighted by Crippen LogP contribution is 2.43. The molecule has 0 aliphatic carbocycles. The third-order valence-electron chi connectivity index (χ3n) is 5.35. The van der Waals surface area contributed by atoms with E-state index in [0.29, 0.717) is 11.4 Å². The molecule has 7 heteroatoms. The average Bonchev–Trinajstić information content (AvgIpc) is 3.04. The number of aliphatic hydroxyl groups is 1. The molecule has 0 saturated carbocycles. The molecule has 3 aromatic rings. The van der Waals surface area contributed by atoms with E-state index in [1.54, 1.807) is 24.3 Å². The van der Waals surface area contributed by atoms with Gasteiger partial charge in [0.1, 0.15) is 17.3 Å². The second kappa shape index (κ2) is 8.48. The molecule has 1 atom stereocenters. The second-order valence-electron chi connectivity index (χ2n) is 7.38. The van der Waals surface area contributed by atoms with Crippen LogP contribution in [0.5, 0.6) is 5.75 Å². The van der Waals surface area contributed by atoms with Crippen LogP contribution in [-0.2, 0) is 9.59 Å². The fourth-order valence-corrected chi connectivity index (χ4v) is 4.09. The molecular weight excluding hydrogens is 433 g/mol. The first-order valence-corrected chi connectivity index (χ1v) is 10.2. The van der Waals surface area contributed by atoms with Crippen molar-refractivity contribution in [1.82, 2.24) is 0 Å². The Morgan fingerprint density at radius 2 is 1.81 bits per heavy atom.